The zero-order valence-electron chi connectivity index (χ0n) is 10.7. The number of ether oxygens (including phenoxy) is 1. The zero-order chi connectivity index (χ0) is 14.6. The van der Waals surface area contributed by atoms with Gasteiger partial charge in [-0.3, -0.25) is 0 Å². The number of hydrogen-bond donors (Lipinski definition) is 3. The van der Waals surface area contributed by atoms with Crippen molar-refractivity contribution in [3.05, 3.63) is 23.8 Å². The number of aliphatic hydroxyl groups is 3. The molecule has 0 aliphatic carbocycles. The van der Waals surface area contributed by atoms with Crippen molar-refractivity contribution in [3.8, 4) is 0 Å². The molecule has 6 nitrogen and oxygen atoms in total. The molecule has 0 aromatic rings. The first kappa shape index (κ1) is 18.9. The van der Waals surface area contributed by atoms with Gasteiger partial charge < -0.3 is 20.1 Å². The van der Waals surface area contributed by atoms with Gasteiger partial charge in [0.05, 0.1) is 13.2 Å². The predicted molar refractivity (Wildman–Crippen MR) is 65.5 cm³/mol. The van der Waals surface area contributed by atoms with E-state index >= 15 is 0 Å². The van der Waals surface area contributed by atoms with E-state index in [2.05, 4.69) is 11.3 Å². The van der Waals surface area contributed by atoms with Gasteiger partial charge in [-0.15, -0.1) is 0 Å². The van der Waals surface area contributed by atoms with Crippen LogP contribution in [0, 0.1) is 0 Å². The van der Waals surface area contributed by atoms with Crippen LogP contribution in [0.2, 0.25) is 0 Å². The smallest absolute Gasteiger partial charge is 0.341 e. The van der Waals surface area contributed by atoms with Crippen LogP contribution in [-0.2, 0) is 14.3 Å². The lowest BCUT2D eigenvalue weighted by Gasteiger charge is -2.01. The molecule has 0 saturated carbocycles. The van der Waals surface area contributed by atoms with Crippen LogP contribution in [0.5, 0.6) is 0 Å². The maximum absolute atomic E-state index is 11.1. The highest BCUT2D eigenvalue weighted by Crippen LogP contribution is 2.01. The molecule has 0 bridgehead atoms. The van der Waals surface area contributed by atoms with Crippen molar-refractivity contribution in [2.45, 2.75) is 20.3 Å². The number of carbonyl (C=O) groups excluding carboxylic acids is 2. The lowest BCUT2D eigenvalue weighted by atomic mass is 10.2. The highest BCUT2D eigenvalue weighted by molar-refractivity contribution is 6.00. The van der Waals surface area contributed by atoms with Gasteiger partial charge in [-0.25, -0.2) is 9.59 Å². The maximum atomic E-state index is 11.1. The minimum absolute atomic E-state index is 0.0426. The first-order valence-electron chi connectivity index (χ1n) is 5.32. The number of esters is 2. The quantitative estimate of drug-likeness (QED) is 0.363. The largest absolute Gasteiger partial charge is 0.396 e. The van der Waals surface area contributed by atoms with Gasteiger partial charge in [-0.05, 0) is 20.3 Å². The Morgan fingerprint density at radius 1 is 1.06 bits per heavy atom. The molecule has 0 aliphatic rings. The first-order valence-corrected chi connectivity index (χ1v) is 5.32. The van der Waals surface area contributed by atoms with Crippen molar-refractivity contribution in [1.29, 1.82) is 0 Å². The lowest BCUT2D eigenvalue weighted by molar-refractivity contribution is -0.153. The third kappa shape index (κ3) is 11.0. The Kier molecular flexibility index (Phi) is 12.5. The van der Waals surface area contributed by atoms with Gasteiger partial charge in [0, 0.05) is 17.8 Å². The van der Waals surface area contributed by atoms with Crippen molar-refractivity contribution in [2.75, 3.05) is 19.8 Å². The molecule has 0 heterocycles. The fourth-order valence-corrected chi connectivity index (χ4v) is 0.616. The molecule has 0 unspecified atom stereocenters. The standard InChI is InChI=1S/C10H14O4.C2H6O2/c1-7(2)9(12)14-10(13)8(3)5-4-6-11;3-1-2-4/h5,11H,1,4,6H2,2-3H3;3-4H,1-2H2. The summed E-state index contributed by atoms with van der Waals surface area (Å²) in [5, 5.41) is 23.7. The molecule has 0 amide bonds. The van der Waals surface area contributed by atoms with E-state index in [1.165, 1.54) is 19.9 Å². The normalized spacial score (nSPS) is 10.2. The van der Waals surface area contributed by atoms with Gasteiger partial charge >= 0.3 is 11.9 Å². The van der Waals surface area contributed by atoms with Gasteiger partial charge in [-0.2, -0.15) is 0 Å². The SMILES string of the molecule is C=C(C)C(=O)OC(=O)C(C)=CCCO.OCCO. The van der Waals surface area contributed by atoms with Crippen molar-refractivity contribution in [2.24, 2.45) is 0 Å². The Morgan fingerprint density at radius 3 is 1.89 bits per heavy atom. The summed E-state index contributed by atoms with van der Waals surface area (Å²) in [4.78, 5) is 22.0. The Bertz CT molecular complexity index is 304. The molecule has 0 aromatic carbocycles. The molecule has 0 aliphatic heterocycles. The molecule has 6 heteroatoms. The van der Waals surface area contributed by atoms with Gasteiger partial charge in [0.15, 0.2) is 0 Å². The molecule has 3 N–H and O–H groups in total. The number of hydrogen-bond acceptors (Lipinski definition) is 6. The van der Waals surface area contributed by atoms with E-state index in [0.29, 0.717) is 12.0 Å². The van der Waals surface area contributed by atoms with Crippen LogP contribution in [0.1, 0.15) is 20.3 Å². The summed E-state index contributed by atoms with van der Waals surface area (Å²) >= 11 is 0. The zero-order valence-corrected chi connectivity index (χ0v) is 10.7. The maximum Gasteiger partial charge on any atom is 0.341 e. The highest BCUT2D eigenvalue weighted by atomic mass is 16.6. The molecule has 0 radical (unpaired) electrons. The number of rotatable bonds is 5. The van der Waals surface area contributed by atoms with E-state index in [-0.39, 0.29) is 25.4 Å². The van der Waals surface area contributed by atoms with Crippen LogP contribution in [0.3, 0.4) is 0 Å². The molecular weight excluding hydrogens is 240 g/mol. The van der Waals surface area contributed by atoms with E-state index in [0.717, 1.165) is 0 Å². The summed E-state index contributed by atoms with van der Waals surface area (Å²) in [6.07, 6.45) is 1.87. The van der Waals surface area contributed by atoms with Crippen molar-refractivity contribution in [3.63, 3.8) is 0 Å². The second kappa shape index (κ2) is 12.0. The fraction of sp³-hybridized carbons (Fsp3) is 0.500. The minimum atomic E-state index is -0.730. The summed E-state index contributed by atoms with van der Waals surface area (Å²) in [7, 11) is 0. The molecule has 18 heavy (non-hydrogen) atoms. The number of aliphatic hydroxyl groups excluding tert-OH is 3. The molecule has 0 atom stereocenters. The number of carbonyl (C=O) groups is 2. The van der Waals surface area contributed by atoms with Gasteiger partial charge in [0.25, 0.3) is 0 Å². The van der Waals surface area contributed by atoms with Gasteiger partial charge in [-0.1, -0.05) is 12.7 Å². The van der Waals surface area contributed by atoms with E-state index < -0.39 is 11.9 Å². The summed E-state index contributed by atoms with van der Waals surface area (Å²) in [6.45, 7) is 6.03. The molecule has 0 aromatic heterocycles. The monoisotopic (exact) mass is 260 g/mol. The molecular formula is C12H20O6. The van der Waals surface area contributed by atoms with E-state index in [9.17, 15) is 9.59 Å². The predicted octanol–water partition coefficient (Wildman–Crippen LogP) is -0.0680. The Hall–Kier alpha value is -1.50. The lowest BCUT2D eigenvalue weighted by Crippen LogP contribution is -2.13. The summed E-state index contributed by atoms with van der Waals surface area (Å²) in [6, 6.07) is 0. The Balaban J connectivity index is 0. The van der Waals surface area contributed by atoms with Gasteiger partial charge in [0.1, 0.15) is 0 Å². The van der Waals surface area contributed by atoms with Crippen LogP contribution < -0.4 is 0 Å². The molecule has 104 valence electrons. The van der Waals surface area contributed by atoms with Crippen molar-refractivity contribution in [1.82, 2.24) is 0 Å². The van der Waals surface area contributed by atoms with Crippen molar-refractivity contribution >= 4 is 11.9 Å². The summed E-state index contributed by atoms with van der Waals surface area (Å²) in [5.74, 6) is -1.43. The van der Waals surface area contributed by atoms with Crippen LogP contribution in [0.4, 0.5) is 0 Å². The molecule has 0 spiro atoms. The first-order chi connectivity index (χ1) is 8.40. The van der Waals surface area contributed by atoms with Crippen LogP contribution in [-0.4, -0.2) is 47.1 Å². The van der Waals surface area contributed by atoms with Crippen LogP contribution in [0.25, 0.3) is 0 Å². The van der Waals surface area contributed by atoms with Crippen molar-refractivity contribution < 1.29 is 29.6 Å². The average Bonchev–Trinajstić information content (AvgIpc) is 2.35. The second-order valence-corrected chi connectivity index (χ2v) is 3.30. The van der Waals surface area contributed by atoms with E-state index in [4.69, 9.17) is 15.3 Å². The summed E-state index contributed by atoms with van der Waals surface area (Å²) in [5.41, 5.74) is 0.474. The van der Waals surface area contributed by atoms with E-state index in [1.54, 1.807) is 0 Å². The molecule has 0 saturated heterocycles. The Morgan fingerprint density at radius 2 is 1.56 bits per heavy atom. The Labute approximate surface area is 106 Å². The molecule has 0 fully saturated rings. The third-order valence-electron chi connectivity index (χ3n) is 1.54. The molecule has 0 rings (SSSR count). The van der Waals surface area contributed by atoms with Gasteiger partial charge in [0.2, 0.25) is 0 Å². The fourth-order valence-electron chi connectivity index (χ4n) is 0.616. The average molecular weight is 260 g/mol. The summed E-state index contributed by atoms with van der Waals surface area (Å²) < 4.78 is 4.44. The topological polar surface area (TPSA) is 104 Å². The second-order valence-electron chi connectivity index (χ2n) is 3.30. The van der Waals surface area contributed by atoms with Crippen LogP contribution in [0.15, 0.2) is 23.8 Å². The van der Waals surface area contributed by atoms with Crippen LogP contribution >= 0.6 is 0 Å². The third-order valence-corrected chi connectivity index (χ3v) is 1.54. The highest BCUT2D eigenvalue weighted by Gasteiger charge is 2.11. The minimum Gasteiger partial charge on any atom is -0.396 e. The van der Waals surface area contributed by atoms with E-state index in [1.807, 2.05) is 0 Å².